The van der Waals surface area contributed by atoms with Crippen LogP contribution in [-0.4, -0.2) is 55.5 Å². The summed E-state index contributed by atoms with van der Waals surface area (Å²) in [6.45, 7) is 7.19. The second-order valence-electron chi connectivity index (χ2n) is 5.27. The first-order chi connectivity index (χ1) is 9.60. The number of amides is 1. The molecule has 2 heterocycles. The molecule has 1 atom stereocenters. The minimum Gasteiger partial charge on any atom is -0.340 e. The van der Waals surface area contributed by atoms with Crippen LogP contribution in [0.25, 0.3) is 0 Å². The van der Waals surface area contributed by atoms with Gasteiger partial charge in [0.1, 0.15) is 0 Å². The lowest BCUT2D eigenvalue weighted by Crippen LogP contribution is -2.50. The zero-order valence-electron chi connectivity index (χ0n) is 12.1. The van der Waals surface area contributed by atoms with Crippen LogP contribution >= 0.6 is 22.9 Å². The summed E-state index contributed by atoms with van der Waals surface area (Å²) in [6.07, 6.45) is 0. The molecule has 1 amide bonds. The van der Waals surface area contributed by atoms with E-state index in [4.69, 9.17) is 11.6 Å². The lowest BCUT2D eigenvalue weighted by atomic mass is 10.1. The highest BCUT2D eigenvalue weighted by Crippen LogP contribution is 2.23. The van der Waals surface area contributed by atoms with Crippen LogP contribution in [0.15, 0.2) is 12.1 Å². The van der Waals surface area contributed by atoms with E-state index in [0.29, 0.717) is 0 Å². The molecule has 1 aromatic rings. The monoisotopic (exact) mass is 315 g/mol. The highest BCUT2D eigenvalue weighted by Gasteiger charge is 2.24. The number of hydrogen-bond acceptors (Lipinski definition) is 4. The summed E-state index contributed by atoms with van der Waals surface area (Å²) in [5, 5.41) is 3.06. The van der Waals surface area contributed by atoms with Gasteiger partial charge in [-0.3, -0.25) is 9.69 Å². The number of nitrogens with one attached hydrogen (secondary N) is 1. The Bertz CT molecular complexity index is 443. The summed E-state index contributed by atoms with van der Waals surface area (Å²) >= 11 is 7.58. The van der Waals surface area contributed by atoms with Gasteiger partial charge in [-0.05, 0) is 19.2 Å². The van der Waals surface area contributed by atoms with Crippen molar-refractivity contribution in [2.24, 2.45) is 5.92 Å². The fraction of sp³-hybridized carbons (Fsp3) is 0.643. The van der Waals surface area contributed by atoms with Gasteiger partial charge in [-0.1, -0.05) is 18.5 Å². The number of piperazine rings is 1. The summed E-state index contributed by atoms with van der Waals surface area (Å²) in [5.74, 6) is 0.320. The average molecular weight is 316 g/mol. The third kappa shape index (κ3) is 4.19. The third-order valence-corrected chi connectivity index (χ3v) is 4.84. The van der Waals surface area contributed by atoms with Crippen LogP contribution in [0.1, 0.15) is 11.8 Å². The minimum absolute atomic E-state index is 0.0580. The molecule has 1 fully saturated rings. The summed E-state index contributed by atoms with van der Waals surface area (Å²) in [7, 11) is 1.88. The maximum Gasteiger partial charge on any atom is 0.226 e. The second kappa shape index (κ2) is 7.41. The Hall–Kier alpha value is -0.620. The molecule has 1 aliphatic heterocycles. The molecule has 20 heavy (non-hydrogen) atoms. The van der Waals surface area contributed by atoms with Crippen LogP contribution in [0.5, 0.6) is 0 Å². The molecule has 6 heteroatoms. The summed E-state index contributed by atoms with van der Waals surface area (Å²) in [4.78, 5) is 17.9. The topological polar surface area (TPSA) is 35.6 Å². The van der Waals surface area contributed by atoms with Crippen molar-refractivity contribution >= 4 is 28.8 Å². The Labute approximate surface area is 129 Å². The molecule has 1 unspecified atom stereocenters. The quantitative estimate of drug-likeness (QED) is 0.901. The van der Waals surface area contributed by atoms with Crippen LogP contribution in [0.3, 0.4) is 0 Å². The molecule has 0 aliphatic carbocycles. The van der Waals surface area contributed by atoms with Crippen LogP contribution in [0.2, 0.25) is 4.34 Å². The standard InChI is InChI=1S/C14H22ClN3OS/c1-11(9-16-2)14(19)18-7-5-17(6-8-18)10-12-3-4-13(15)20-12/h3-4,11,16H,5-10H2,1-2H3. The molecule has 112 valence electrons. The molecule has 2 rings (SSSR count). The number of halogens is 1. The van der Waals surface area contributed by atoms with Crippen molar-refractivity contribution in [2.75, 3.05) is 39.8 Å². The van der Waals surface area contributed by atoms with Gasteiger partial charge in [-0.2, -0.15) is 0 Å². The lowest BCUT2D eigenvalue weighted by molar-refractivity contribution is -0.136. The smallest absolute Gasteiger partial charge is 0.226 e. The second-order valence-corrected chi connectivity index (χ2v) is 7.07. The Morgan fingerprint density at radius 2 is 2.10 bits per heavy atom. The van der Waals surface area contributed by atoms with Crippen molar-refractivity contribution in [1.82, 2.24) is 15.1 Å². The van der Waals surface area contributed by atoms with Crippen LogP contribution in [-0.2, 0) is 11.3 Å². The molecule has 0 spiro atoms. The summed E-state index contributed by atoms with van der Waals surface area (Å²) < 4.78 is 0.842. The van der Waals surface area contributed by atoms with E-state index < -0.39 is 0 Å². The van der Waals surface area contributed by atoms with Crippen LogP contribution < -0.4 is 5.32 Å². The Morgan fingerprint density at radius 3 is 2.65 bits per heavy atom. The highest BCUT2D eigenvalue weighted by molar-refractivity contribution is 7.16. The fourth-order valence-electron chi connectivity index (χ4n) is 2.49. The summed E-state index contributed by atoms with van der Waals surface area (Å²) in [5.41, 5.74) is 0. The zero-order valence-corrected chi connectivity index (χ0v) is 13.6. The van der Waals surface area contributed by atoms with Crippen LogP contribution in [0, 0.1) is 5.92 Å². The van der Waals surface area contributed by atoms with E-state index in [2.05, 4.69) is 16.3 Å². The Balaban J connectivity index is 1.78. The van der Waals surface area contributed by atoms with Crippen molar-refractivity contribution in [3.63, 3.8) is 0 Å². The molecule has 1 N–H and O–H groups in total. The van der Waals surface area contributed by atoms with Gasteiger partial charge in [0.25, 0.3) is 0 Å². The van der Waals surface area contributed by atoms with Crippen molar-refractivity contribution in [3.05, 3.63) is 21.3 Å². The van der Waals surface area contributed by atoms with E-state index in [0.717, 1.165) is 43.6 Å². The highest BCUT2D eigenvalue weighted by atomic mass is 35.5. The van der Waals surface area contributed by atoms with Gasteiger partial charge in [0.05, 0.1) is 4.34 Å². The van der Waals surface area contributed by atoms with Crippen LogP contribution in [0.4, 0.5) is 0 Å². The van der Waals surface area contributed by atoms with E-state index in [1.807, 2.05) is 24.9 Å². The molecule has 0 radical (unpaired) electrons. The van der Waals surface area contributed by atoms with Gasteiger partial charge < -0.3 is 10.2 Å². The Morgan fingerprint density at radius 1 is 1.40 bits per heavy atom. The molecule has 0 bridgehead atoms. The van der Waals surface area contributed by atoms with E-state index in [1.165, 1.54) is 4.88 Å². The van der Waals surface area contributed by atoms with E-state index in [1.54, 1.807) is 11.3 Å². The first kappa shape index (κ1) is 15.8. The largest absolute Gasteiger partial charge is 0.340 e. The van der Waals surface area contributed by atoms with Gasteiger partial charge >= 0.3 is 0 Å². The molecule has 0 aromatic carbocycles. The van der Waals surface area contributed by atoms with E-state index in [9.17, 15) is 4.79 Å². The zero-order chi connectivity index (χ0) is 14.5. The van der Waals surface area contributed by atoms with Crippen molar-refractivity contribution in [1.29, 1.82) is 0 Å². The average Bonchev–Trinajstić information content (AvgIpc) is 2.84. The maximum atomic E-state index is 12.2. The normalized spacial score (nSPS) is 18.2. The molecule has 1 aliphatic rings. The van der Waals surface area contributed by atoms with Gasteiger partial charge in [0.2, 0.25) is 5.91 Å². The van der Waals surface area contributed by atoms with E-state index in [-0.39, 0.29) is 11.8 Å². The number of rotatable bonds is 5. The Kier molecular flexibility index (Phi) is 5.84. The molecule has 1 aromatic heterocycles. The van der Waals surface area contributed by atoms with Crippen molar-refractivity contribution in [2.45, 2.75) is 13.5 Å². The van der Waals surface area contributed by atoms with Crippen molar-refractivity contribution in [3.8, 4) is 0 Å². The summed E-state index contributed by atoms with van der Waals surface area (Å²) in [6, 6.07) is 4.03. The first-order valence-corrected chi connectivity index (χ1v) is 8.19. The number of thiophene rings is 1. The minimum atomic E-state index is 0.0580. The predicted octanol–water partition coefficient (Wildman–Crippen LogP) is 1.90. The number of hydrogen-bond donors (Lipinski definition) is 1. The maximum absolute atomic E-state index is 12.2. The van der Waals surface area contributed by atoms with Gasteiger partial charge in [-0.15, -0.1) is 11.3 Å². The van der Waals surface area contributed by atoms with Crippen molar-refractivity contribution < 1.29 is 4.79 Å². The SMILES string of the molecule is CNCC(C)C(=O)N1CCN(Cc2ccc(Cl)s2)CC1. The molecule has 0 saturated carbocycles. The fourth-order valence-corrected chi connectivity index (χ4v) is 3.62. The van der Waals surface area contributed by atoms with Gasteiger partial charge in [0.15, 0.2) is 0 Å². The molecule has 4 nitrogen and oxygen atoms in total. The van der Waals surface area contributed by atoms with Gasteiger partial charge in [-0.25, -0.2) is 0 Å². The molecular weight excluding hydrogens is 294 g/mol. The molecular formula is C14H22ClN3OS. The number of carbonyl (C=O) groups excluding carboxylic acids is 1. The lowest BCUT2D eigenvalue weighted by Gasteiger charge is -2.35. The first-order valence-electron chi connectivity index (χ1n) is 7.00. The third-order valence-electron chi connectivity index (χ3n) is 3.62. The number of carbonyl (C=O) groups is 1. The van der Waals surface area contributed by atoms with E-state index >= 15 is 0 Å². The van der Waals surface area contributed by atoms with Gasteiger partial charge in [0, 0.05) is 50.1 Å². The molecule has 1 saturated heterocycles. The predicted molar refractivity (Wildman–Crippen MR) is 84.3 cm³/mol. The number of nitrogens with zero attached hydrogens (tertiary/aromatic N) is 2.